The minimum atomic E-state index is -0.0345. The third-order valence-corrected chi connectivity index (χ3v) is 6.56. The number of para-hydroxylation sites is 1. The van der Waals surface area contributed by atoms with Crippen LogP contribution in [0.5, 0.6) is 0 Å². The fraction of sp³-hybridized carbons (Fsp3) is 0.261. The Bertz CT molecular complexity index is 1240. The lowest BCUT2D eigenvalue weighted by Gasteiger charge is -2.11. The van der Waals surface area contributed by atoms with Crippen LogP contribution in [0.25, 0.3) is 22.3 Å². The molecule has 4 aromatic rings. The van der Waals surface area contributed by atoms with Gasteiger partial charge in [-0.1, -0.05) is 42.1 Å². The van der Waals surface area contributed by atoms with Crippen LogP contribution in [0.4, 0.5) is 5.69 Å². The van der Waals surface area contributed by atoms with Crippen LogP contribution in [0.2, 0.25) is 0 Å². The van der Waals surface area contributed by atoms with E-state index in [1.807, 2.05) is 50.4 Å². The van der Waals surface area contributed by atoms with Crippen LogP contribution in [0, 0.1) is 13.8 Å². The van der Waals surface area contributed by atoms with Gasteiger partial charge in [0.1, 0.15) is 0 Å². The molecule has 0 atom stereocenters. The first-order chi connectivity index (χ1) is 14.6. The van der Waals surface area contributed by atoms with Crippen molar-refractivity contribution in [3.63, 3.8) is 0 Å². The summed E-state index contributed by atoms with van der Waals surface area (Å²) in [4.78, 5) is 15.9. The molecule has 6 nitrogen and oxygen atoms in total. The van der Waals surface area contributed by atoms with Gasteiger partial charge in [0.25, 0.3) is 0 Å². The molecular weight excluding hydrogens is 394 g/mol. The van der Waals surface area contributed by atoms with Crippen molar-refractivity contribution in [3.05, 3.63) is 59.8 Å². The molecular formula is C23H23N5OS. The summed E-state index contributed by atoms with van der Waals surface area (Å²) in [6, 6.07) is 14.6. The molecule has 2 aromatic heterocycles. The second kappa shape index (κ2) is 7.65. The quantitative estimate of drug-likeness (QED) is 0.428. The SMILES string of the molecule is Cc1cccc(NC(=O)CSc2nnc(-c3c[nH]c4ccccc34)n2C2CC2)c1C. The number of H-pyrrole nitrogens is 1. The molecule has 2 heterocycles. The van der Waals surface area contributed by atoms with Crippen molar-refractivity contribution in [1.82, 2.24) is 19.7 Å². The Hall–Kier alpha value is -3.06. The van der Waals surface area contributed by atoms with Gasteiger partial charge in [0.05, 0.1) is 5.75 Å². The van der Waals surface area contributed by atoms with Crippen LogP contribution in [0.15, 0.2) is 53.8 Å². The summed E-state index contributed by atoms with van der Waals surface area (Å²) >= 11 is 1.44. The molecule has 1 aliphatic carbocycles. The van der Waals surface area contributed by atoms with E-state index in [1.54, 1.807) is 0 Å². The second-order valence-electron chi connectivity index (χ2n) is 7.74. The van der Waals surface area contributed by atoms with E-state index < -0.39 is 0 Å². The Balaban J connectivity index is 1.37. The fourth-order valence-corrected chi connectivity index (χ4v) is 4.49. The minimum Gasteiger partial charge on any atom is -0.360 e. The summed E-state index contributed by atoms with van der Waals surface area (Å²) < 4.78 is 2.20. The first-order valence-corrected chi connectivity index (χ1v) is 11.1. The molecule has 5 rings (SSSR count). The molecule has 0 radical (unpaired) electrons. The zero-order valence-corrected chi connectivity index (χ0v) is 17.8. The highest BCUT2D eigenvalue weighted by Gasteiger charge is 2.31. The van der Waals surface area contributed by atoms with E-state index in [-0.39, 0.29) is 5.91 Å². The highest BCUT2D eigenvalue weighted by Crippen LogP contribution is 2.42. The van der Waals surface area contributed by atoms with E-state index in [2.05, 4.69) is 37.2 Å². The van der Waals surface area contributed by atoms with Gasteiger partial charge < -0.3 is 10.3 Å². The molecule has 0 spiro atoms. The highest BCUT2D eigenvalue weighted by molar-refractivity contribution is 7.99. The summed E-state index contributed by atoms with van der Waals surface area (Å²) in [6.45, 7) is 4.07. The lowest BCUT2D eigenvalue weighted by Crippen LogP contribution is -2.15. The molecule has 0 saturated heterocycles. The Morgan fingerprint density at radius 2 is 2.00 bits per heavy atom. The molecule has 30 heavy (non-hydrogen) atoms. The van der Waals surface area contributed by atoms with Crippen molar-refractivity contribution >= 4 is 34.3 Å². The average molecular weight is 418 g/mol. The van der Waals surface area contributed by atoms with Crippen molar-refractivity contribution < 1.29 is 4.79 Å². The molecule has 0 bridgehead atoms. The summed E-state index contributed by atoms with van der Waals surface area (Å²) in [6.07, 6.45) is 4.24. The normalized spacial score (nSPS) is 13.7. The largest absolute Gasteiger partial charge is 0.360 e. The molecule has 1 fully saturated rings. The van der Waals surface area contributed by atoms with Gasteiger partial charge >= 0.3 is 0 Å². The highest BCUT2D eigenvalue weighted by atomic mass is 32.2. The summed E-state index contributed by atoms with van der Waals surface area (Å²) in [5.74, 6) is 1.13. The monoisotopic (exact) mass is 417 g/mol. The number of anilines is 1. The lowest BCUT2D eigenvalue weighted by molar-refractivity contribution is -0.113. The Labute approximate surface area is 179 Å². The zero-order valence-electron chi connectivity index (χ0n) is 17.0. The number of hydrogen-bond acceptors (Lipinski definition) is 4. The summed E-state index contributed by atoms with van der Waals surface area (Å²) in [5, 5.41) is 13.9. The van der Waals surface area contributed by atoms with Crippen LogP contribution >= 0.6 is 11.8 Å². The third kappa shape index (κ3) is 3.50. The van der Waals surface area contributed by atoms with Crippen molar-refractivity contribution in [2.45, 2.75) is 37.9 Å². The summed E-state index contributed by atoms with van der Waals surface area (Å²) in [7, 11) is 0. The molecule has 0 aliphatic heterocycles. The van der Waals surface area contributed by atoms with Crippen LogP contribution in [0.1, 0.15) is 30.0 Å². The number of fused-ring (bicyclic) bond motifs is 1. The molecule has 2 N–H and O–H groups in total. The van der Waals surface area contributed by atoms with Gasteiger partial charge in [-0.05, 0) is 49.9 Å². The van der Waals surface area contributed by atoms with E-state index in [0.29, 0.717) is 11.8 Å². The number of rotatable bonds is 6. The number of carbonyl (C=O) groups is 1. The van der Waals surface area contributed by atoms with Crippen LogP contribution in [-0.2, 0) is 4.79 Å². The molecule has 1 amide bonds. The second-order valence-corrected chi connectivity index (χ2v) is 8.68. The Morgan fingerprint density at radius 3 is 2.83 bits per heavy atom. The summed E-state index contributed by atoms with van der Waals surface area (Å²) in [5.41, 5.74) is 5.26. The smallest absolute Gasteiger partial charge is 0.234 e. The van der Waals surface area contributed by atoms with Crippen LogP contribution in [-0.4, -0.2) is 31.4 Å². The van der Waals surface area contributed by atoms with E-state index in [1.165, 1.54) is 11.8 Å². The minimum absolute atomic E-state index is 0.0345. The van der Waals surface area contributed by atoms with E-state index in [4.69, 9.17) is 0 Å². The van der Waals surface area contributed by atoms with Gasteiger partial charge in [0.15, 0.2) is 11.0 Å². The predicted octanol–water partition coefficient (Wildman–Crippen LogP) is 5.11. The van der Waals surface area contributed by atoms with Crippen molar-refractivity contribution in [2.24, 2.45) is 0 Å². The number of carbonyl (C=O) groups excluding carboxylic acids is 1. The number of benzene rings is 2. The van der Waals surface area contributed by atoms with Crippen LogP contribution < -0.4 is 5.32 Å². The van der Waals surface area contributed by atoms with Gasteiger partial charge in [0, 0.05) is 34.4 Å². The average Bonchev–Trinajstić information content (AvgIpc) is 3.36. The first kappa shape index (κ1) is 18.9. The zero-order chi connectivity index (χ0) is 20.7. The Morgan fingerprint density at radius 1 is 1.17 bits per heavy atom. The predicted molar refractivity (Wildman–Crippen MR) is 121 cm³/mol. The number of nitrogens with zero attached hydrogens (tertiary/aromatic N) is 3. The molecule has 7 heteroatoms. The number of aryl methyl sites for hydroxylation is 1. The first-order valence-electron chi connectivity index (χ1n) is 10.1. The third-order valence-electron chi connectivity index (χ3n) is 5.62. The molecule has 1 saturated carbocycles. The maximum absolute atomic E-state index is 12.6. The standard InChI is InChI=1S/C23H23N5OS/c1-14-6-5-9-19(15(14)2)25-21(29)13-30-23-27-26-22(28(23)16-10-11-16)18-12-24-20-8-4-3-7-17(18)20/h3-9,12,16,24H,10-11,13H2,1-2H3,(H,25,29). The number of aromatic amines is 1. The van der Waals surface area contributed by atoms with E-state index >= 15 is 0 Å². The van der Waals surface area contributed by atoms with Gasteiger partial charge in [-0.2, -0.15) is 0 Å². The van der Waals surface area contributed by atoms with Gasteiger partial charge in [-0.3, -0.25) is 9.36 Å². The van der Waals surface area contributed by atoms with Crippen molar-refractivity contribution in [1.29, 1.82) is 0 Å². The fourth-order valence-electron chi connectivity index (χ4n) is 3.68. The molecule has 152 valence electrons. The van der Waals surface area contributed by atoms with Crippen molar-refractivity contribution in [2.75, 3.05) is 11.1 Å². The van der Waals surface area contributed by atoms with Gasteiger partial charge in [-0.15, -0.1) is 10.2 Å². The van der Waals surface area contributed by atoms with Gasteiger partial charge in [-0.25, -0.2) is 0 Å². The van der Waals surface area contributed by atoms with Crippen molar-refractivity contribution in [3.8, 4) is 11.4 Å². The number of thioether (sulfide) groups is 1. The number of amides is 1. The maximum atomic E-state index is 12.6. The molecule has 2 aromatic carbocycles. The van der Waals surface area contributed by atoms with E-state index in [0.717, 1.165) is 57.1 Å². The number of nitrogens with one attached hydrogen (secondary N) is 2. The molecule has 1 aliphatic rings. The molecule has 0 unspecified atom stereocenters. The Kier molecular flexibility index (Phi) is 4.83. The lowest BCUT2D eigenvalue weighted by atomic mass is 10.1. The number of aromatic nitrogens is 4. The van der Waals surface area contributed by atoms with Gasteiger partial charge in [0.2, 0.25) is 5.91 Å². The topological polar surface area (TPSA) is 75.6 Å². The maximum Gasteiger partial charge on any atom is 0.234 e. The van der Waals surface area contributed by atoms with Crippen LogP contribution in [0.3, 0.4) is 0 Å². The van der Waals surface area contributed by atoms with E-state index in [9.17, 15) is 4.79 Å². The number of hydrogen-bond donors (Lipinski definition) is 2.